The van der Waals surface area contributed by atoms with Crippen molar-refractivity contribution in [3.8, 4) is 0 Å². The Morgan fingerprint density at radius 2 is 1.18 bits per heavy atom. The fraction of sp³-hybridized carbons (Fsp3) is 0.875. The van der Waals surface area contributed by atoms with Crippen molar-refractivity contribution in [3.05, 3.63) is 0 Å². The van der Waals surface area contributed by atoms with Crippen molar-refractivity contribution in [2.75, 3.05) is 14.2 Å². The van der Waals surface area contributed by atoms with E-state index in [0.29, 0.717) is 12.2 Å². The summed E-state index contributed by atoms with van der Waals surface area (Å²) in [5.41, 5.74) is 0. The van der Waals surface area contributed by atoms with Gasteiger partial charge in [0, 0.05) is 20.1 Å². The van der Waals surface area contributed by atoms with E-state index in [2.05, 4.69) is 0 Å². The van der Waals surface area contributed by atoms with Crippen LogP contribution in [0.5, 0.6) is 0 Å². The molecule has 2 aliphatic rings. The Kier molecular flexibility index (Phi) is 8.98. The summed E-state index contributed by atoms with van der Waals surface area (Å²) >= 11 is 5.37. The van der Waals surface area contributed by atoms with Gasteiger partial charge in [0.05, 0.1) is 18.1 Å². The number of hydrogen-bond donors (Lipinski definition) is 1. The van der Waals surface area contributed by atoms with Gasteiger partial charge in [-0.1, -0.05) is 0 Å². The maximum Gasteiger partial charge on any atom is 0.306 e. The van der Waals surface area contributed by atoms with Crippen LogP contribution in [0.15, 0.2) is 0 Å². The molecule has 2 fully saturated rings. The number of hydrogen-bond acceptors (Lipinski definition) is 4. The number of carboxylic acids is 1. The molecular formula is C16H27ClO5. The lowest BCUT2D eigenvalue weighted by Crippen LogP contribution is -2.25. The molecule has 128 valence electrons. The molecule has 0 aromatic carbocycles. The summed E-state index contributed by atoms with van der Waals surface area (Å²) in [5, 5.41) is 8.48. The highest BCUT2D eigenvalue weighted by Crippen LogP contribution is 2.27. The predicted octanol–water partition coefficient (Wildman–Crippen LogP) is 3.23. The minimum absolute atomic E-state index is 0.0862. The van der Waals surface area contributed by atoms with Crippen LogP contribution in [0.4, 0.5) is 0 Å². The number of aliphatic carboxylic acids is 1. The molecule has 2 saturated carbocycles. The van der Waals surface area contributed by atoms with Gasteiger partial charge in [0.2, 0.25) is 5.24 Å². The molecule has 0 unspecified atom stereocenters. The summed E-state index contributed by atoms with van der Waals surface area (Å²) in [7, 11) is 3.40. The highest BCUT2D eigenvalue weighted by molar-refractivity contribution is 6.63. The van der Waals surface area contributed by atoms with Gasteiger partial charge in [-0.3, -0.25) is 9.59 Å². The molecule has 0 saturated heterocycles. The molecule has 0 atom stereocenters. The van der Waals surface area contributed by atoms with Gasteiger partial charge in [-0.25, -0.2) is 0 Å². The van der Waals surface area contributed by atoms with E-state index in [1.54, 1.807) is 14.2 Å². The molecule has 0 bridgehead atoms. The van der Waals surface area contributed by atoms with Crippen LogP contribution in [0.2, 0.25) is 0 Å². The normalized spacial score (nSPS) is 31.8. The molecule has 22 heavy (non-hydrogen) atoms. The van der Waals surface area contributed by atoms with Gasteiger partial charge < -0.3 is 14.6 Å². The second-order valence-electron chi connectivity index (χ2n) is 6.06. The van der Waals surface area contributed by atoms with E-state index in [-0.39, 0.29) is 17.1 Å². The van der Waals surface area contributed by atoms with Crippen LogP contribution in [0, 0.1) is 11.8 Å². The number of ether oxygens (including phenoxy) is 2. The molecular weight excluding hydrogens is 308 g/mol. The van der Waals surface area contributed by atoms with E-state index in [1.807, 2.05) is 0 Å². The third kappa shape index (κ3) is 6.63. The average molecular weight is 335 g/mol. The van der Waals surface area contributed by atoms with Crippen LogP contribution < -0.4 is 0 Å². The van der Waals surface area contributed by atoms with E-state index < -0.39 is 5.97 Å². The SMILES string of the molecule is COC1CCC(C(=O)Cl)CC1.COC1CCC(C(=O)O)CC1. The predicted molar refractivity (Wildman–Crippen MR) is 84.0 cm³/mol. The fourth-order valence-electron chi connectivity index (χ4n) is 3.07. The van der Waals surface area contributed by atoms with Crippen LogP contribution in [0.3, 0.4) is 0 Å². The maximum absolute atomic E-state index is 10.7. The number of methoxy groups -OCH3 is 2. The topological polar surface area (TPSA) is 72.8 Å². The second-order valence-corrected chi connectivity index (χ2v) is 6.43. The van der Waals surface area contributed by atoms with Crippen LogP contribution in [-0.4, -0.2) is 42.7 Å². The van der Waals surface area contributed by atoms with Gasteiger partial charge in [0.15, 0.2) is 0 Å². The molecule has 0 radical (unpaired) electrons. The van der Waals surface area contributed by atoms with Crippen LogP contribution in [0.25, 0.3) is 0 Å². The Morgan fingerprint density at radius 3 is 1.45 bits per heavy atom. The molecule has 0 amide bonds. The van der Waals surface area contributed by atoms with Gasteiger partial charge in [0.25, 0.3) is 0 Å². The van der Waals surface area contributed by atoms with Crippen molar-refractivity contribution in [2.45, 2.75) is 63.6 Å². The van der Waals surface area contributed by atoms with Crippen molar-refractivity contribution in [2.24, 2.45) is 11.8 Å². The molecule has 2 rings (SSSR count). The monoisotopic (exact) mass is 334 g/mol. The average Bonchev–Trinajstić information content (AvgIpc) is 2.55. The Hall–Kier alpha value is -0.650. The molecule has 0 heterocycles. The minimum atomic E-state index is -0.653. The summed E-state index contributed by atoms with van der Waals surface area (Å²) in [6, 6.07) is 0. The first-order valence-corrected chi connectivity index (χ1v) is 8.33. The van der Waals surface area contributed by atoms with E-state index in [9.17, 15) is 9.59 Å². The van der Waals surface area contributed by atoms with Gasteiger partial charge in [-0.05, 0) is 63.0 Å². The Balaban J connectivity index is 0.000000220. The molecule has 1 N–H and O–H groups in total. The van der Waals surface area contributed by atoms with E-state index in [4.69, 9.17) is 26.2 Å². The summed E-state index contributed by atoms with van der Waals surface area (Å²) in [6.07, 6.45) is 7.71. The molecule has 0 aromatic heterocycles. The first-order valence-electron chi connectivity index (χ1n) is 7.95. The fourth-order valence-corrected chi connectivity index (χ4v) is 3.29. The van der Waals surface area contributed by atoms with Gasteiger partial charge >= 0.3 is 5.97 Å². The van der Waals surface area contributed by atoms with Crippen LogP contribution in [0.1, 0.15) is 51.4 Å². The number of halogens is 1. The van der Waals surface area contributed by atoms with E-state index in [0.717, 1.165) is 51.4 Å². The van der Waals surface area contributed by atoms with Crippen molar-refractivity contribution < 1.29 is 24.2 Å². The summed E-state index contributed by atoms with van der Waals surface area (Å²) in [5.74, 6) is -0.691. The third-order valence-electron chi connectivity index (χ3n) is 4.69. The summed E-state index contributed by atoms with van der Waals surface area (Å²) < 4.78 is 10.3. The standard InChI is InChI=1S/C8H13ClO2.C8H14O3/c2*1-11-7-4-2-6(3-5-7)8(9)10/h6-7H,2-5H2,1H3;6-7H,2-5H2,1H3,(H,9,10). The minimum Gasteiger partial charge on any atom is -0.481 e. The zero-order chi connectivity index (χ0) is 16.5. The Bertz CT molecular complexity index is 310. The second kappa shape index (κ2) is 10.2. The zero-order valence-corrected chi connectivity index (χ0v) is 14.2. The van der Waals surface area contributed by atoms with Gasteiger partial charge in [-0.15, -0.1) is 0 Å². The first kappa shape index (κ1) is 19.4. The van der Waals surface area contributed by atoms with Crippen molar-refractivity contribution in [3.63, 3.8) is 0 Å². The number of carbonyl (C=O) groups is 2. The third-order valence-corrected chi connectivity index (χ3v) is 4.99. The van der Waals surface area contributed by atoms with Crippen LogP contribution in [-0.2, 0) is 19.1 Å². The first-order chi connectivity index (χ1) is 10.5. The summed E-state index contributed by atoms with van der Waals surface area (Å²) in [4.78, 5) is 21.2. The lowest BCUT2D eigenvalue weighted by Gasteiger charge is -2.24. The highest BCUT2D eigenvalue weighted by atomic mass is 35.5. The summed E-state index contributed by atoms with van der Waals surface area (Å²) in [6.45, 7) is 0. The maximum atomic E-state index is 10.7. The van der Waals surface area contributed by atoms with Gasteiger partial charge in [-0.2, -0.15) is 0 Å². The number of rotatable bonds is 4. The highest BCUT2D eigenvalue weighted by Gasteiger charge is 2.25. The Labute approximate surface area is 137 Å². The lowest BCUT2D eigenvalue weighted by atomic mass is 9.87. The van der Waals surface area contributed by atoms with Gasteiger partial charge in [0.1, 0.15) is 0 Å². The molecule has 6 heteroatoms. The number of carbonyl (C=O) groups excluding carboxylic acids is 1. The van der Waals surface area contributed by atoms with Crippen LogP contribution >= 0.6 is 11.6 Å². The zero-order valence-electron chi connectivity index (χ0n) is 13.4. The molecule has 2 aliphatic carbocycles. The van der Waals surface area contributed by atoms with Crippen molar-refractivity contribution in [1.82, 2.24) is 0 Å². The molecule has 0 aliphatic heterocycles. The molecule has 0 spiro atoms. The van der Waals surface area contributed by atoms with Crippen molar-refractivity contribution >= 4 is 22.8 Å². The number of carboxylic acid groups (broad SMARTS) is 1. The lowest BCUT2D eigenvalue weighted by molar-refractivity contribution is -0.143. The van der Waals surface area contributed by atoms with E-state index in [1.165, 1.54) is 0 Å². The van der Waals surface area contributed by atoms with E-state index >= 15 is 0 Å². The molecule has 0 aromatic rings. The van der Waals surface area contributed by atoms with Crippen molar-refractivity contribution in [1.29, 1.82) is 0 Å². The smallest absolute Gasteiger partial charge is 0.306 e. The largest absolute Gasteiger partial charge is 0.481 e. The quantitative estimate of drug-likeness (QED) is 0.799. The Morgan fingerprint density at radius 1 is 0.818 bits per heavy atom. The molecule has 5 nitrogen and oxygen atoms in total.